The number of thiophene rings is 1. The van der Waals surface area contributed by atoms with Crippen LogP contribution in [0, 0.1) is 0 Å². The molecule has 0 bridgehead atoms. The molecule has 0 fully saturated rings. The number of nitrogens with zero attached hydrogens (tertiary/aromatic N) is 1. The molecular weight excluding hydrogens is 464 g/mol. The molecule has 2 aromatic rings. The van der Waals surface area contributed by atoms with Crippen molar-refractivity contribution in [3.8, 4) is 0 Å². The molecule has 0 saturated heterocycles. The van der Waals surface area contributed by atoms with E-state index in [-0.39, 0.29) is 11.8 Å². The molecule has 1 aromatic carbocycles. The molecular formula is C26H28N4O2S2. The molecule has 2 amide bonds. The summed E-state index contributed by atoms with van der Waals surface area (Å²) in [4.78, 5) is 29.1. The van der Waals surface area contributed by atoms with Crippen molar-refractivity contribution in [3.63, 3.8) is 0 Å². The van der Waals surface area contributed by atoms with Crippen LogP contribution in [0.2, 0.25) is 0 Å². The number of nitrogens with one attached hydrogen (secondary N) is 3. The Kier molecular flexibility index (Phi) is 11.4. The van der Waals surface area contributed by atoms with Crippen LogP contribution in [0.5, 0.6) is 0 Å². The highest BCUT2D eigenvalue weighted by Crippen LogP contribution is 2.28. The summed E-state index contributed by atoms with van der Waals surface area (Å²) in [7, 11) is 1.81. The molecule has 0 radical (unpaired) electrons. The van der Waals surface area contributed by atoms with Crippen molar-refractivity contribution in [2.45, 2.75) is 13.8 Å². The number of thioether (sulfide) groups is 1. The molecule has 1 aromatic heterocycles. The van der Waals surface area contributed by atoms with Gasteiger partial charge in [-0.1, -0.05) is 18.7 Å². The van der Waals surface area contributed by atoms with Crippen LogP contribution in [0.15, 0.2) is 99.1 Å². The molecule has 0 aliphatic carbocycles. The first-order chi connectivity index (χ1) is 16.5. The zero-order chi connectivity index (χ0) is 24.8. The zero-order valence-corrected chi connectivity index (χ0v) is 21.0. The van der Waals surface area contributed by atoms with Gasteiger partial charge in [-0.2, -0.15) is 11.3 Å². The molecule has 0 aliphatic rings. The van der Waals surface area contributed by atoms with Crippen molar-refractivity contribution in [2.24, 2.45) is 4.99 Å². The van der Waals surface area contributed by atoms with Crippen molar-refractivity contribution in [2.75, 3.05) is 17.7 Å². The molecule has 0 saturated carbocycles. The first-order valence-electron chi connectivity index (χ1n) is 10.4. The number of carbonyl (C=O) groups excluding carboxylic acids is 2. The predicted octanol–water partition coefficient (Wildman–Crippen LogP) is 6.66. The summed E-state index contributed by atoms with van der Waals surface area (Å²) in [5, 5.41) is 15.9. The van der Waals surface area contributed by atoms with Gasteiger partial charge in [-0.3, -0.25) is 14.6 Å². The quantitative estimate of drug-likeness (QED) is 0.186. The van der Waals surface area contributed by atoms with Crippen LogP contribution in [-0.2, 0) is 4.79 Å². The molecule has 3 N–H and O–H groups in total. The maximum Gasteiger partial charge on any atom is 0.256 e. The van der Waals surface area contributed by atoms with Gasteiger partial charge in [-0.25, -0.2) is 0 Å². The lowest BCUT2D eigenvalue weighted by molar-refractivity contribution is -0.112. The maximum atomic E-state index is 12.3. The lowest BCUT2D eigenvalue weighted by Crippen LogP contribution is -2.21. The third-order valence-electron chi connectivity index (χ3n) is 4.30. The van der Waals surface area contributed by atoms with Gasteiger partial charge in [0.15, 0.2) is 0 Å². The van der Waals surface area contributed by atoms with E-state index < -0.39 is 0 Å². The van der Waals surface area contributed by atoms with Gasteiger partial charge in [0.05, 0.1) is 16.9 Å². The van der Waals surface area contributed by atoms with Gasteiger partial charge in [-0.05, 0) is 72.5 Å². The molecule has 0 spiro atoms. The molecule has 8 heteroatoms. The Hall–Kier alpha value is -3.62. The Balaban J connectivity index is 2.10. The highest BCUT2D eigenvalue weighted by molar-refractivity contribution is 8.04. The summed E-state index contributed by atoms with van der Waals surface area (Å²) in [5.74, 6) is -0.342. The van der Waals surface area contributed by atoms with Gasteiger partial charge < -0.3 is 16.0 Å². The van der Waals surface area contributed by atoms with Crippen molar-refractivity contribution in [1.29, 1.82) is 0 Å². The van der Waals surface area contributed by atoms with Crippen LogP contribution in [0.25, 0.3) is 0 Å². The minimum absolute atomic E-state index is 0.154. The molecule has 2 rings (SSSR count). The van der Waals surface area contributed by atoms with Crippen molar-refractivity contribution >= 4 is 58.2 Å². The number of aliphatic imine (C=N–C) groups is 1. The van der Waals surface area contributed by atoms with Crippen LogP contribution in [0.1, 0.15) is 24.2 Å². The normalized spacial score (nSPS) is 12.4. The largest absolute Gasteiger partial charge is 0.386 e. The summed E-state index contributed by atoms with van der Waals surface area (Å²) in [5.41, 5.74) is 4.03. The number of hydrogen-bond donors (Lipinski definition) is 3. The van der Waals surface area contributed by atoms with Gasteiger partial charge in [0.25, 0.3) is 11.8 Å². The second kappa shape index (κ2) is 14.5. The Morgan fingerprint density at radius 3 is 2.71 bits per heavy atom. The summed E-state index contributed by atoms with van der Waals surface area (Å²) in [6, 6.07) is 7.25. The number of allylic oxidation sites excluding steroid dienone is 5. The second-order valence-corrected chi connectivity index (χ2v) is 8.41. The fraction of sp³-hybridized carbons (Fsp3) is 0.115. The molecule has 0 atom stereocenters. The van der Waals surface area contributed by atoms with Crippen LogP contribution >= 0.6 is 23.1 Å². The number of anilines is 2. The monoisotopic (exact) mass is 492 g/mol. The summed E-state index contributed by atoms with van der Waals surface area (Å²) >= 11 is 2.83. The molecule has 0 aliphatic heterocycles. The number of rotatable bonds is 11. The van der Waals surface area contributed by atoms with Crippen LogP contribution < -0.4 is 16.0 Å². The van der Waals surface area contributed by atoms with E-state index in [4.69, 9.17) is 0 Å². The minimum Gasteiger partial charge on any atom is -0.386 e. The lowest BCUT2D eigenvalue weighted by atomic mass is 10.2. The molecule has 34 heavy (non-hydrogen) atoms. The highest BCUT2D eigenvalue weighted by Gasteiger charge is 2.07. The van der Waals surface area contributed by atoms with E-state index in [2.05, 4.69) is 27.5 Å². The first kappa shape index (κ1) is 26.6. The fourth-order valence-corrected chi connectivity index (χ4v) is 3.65. The topological polar surface area (TPSA) is 82.6 Å². The summed E-state index contributed by atoms with van der Waals surface area (Å²) in [6.07, 6.45) is 10.7. The van der Waals surface area contributed by atoms with Gasteiger partial charge >= 0.3 is 0 Å². The maximum absolute atomic E-state index is 12.3. The summed E-state index contributed by atoms with van der Waals surface area (Å²) in [6.45, 7) is 7.25. The van der Waals surface area contributed by atoms with E-state index in [1.54, 1.807) is 59.7 Å². The van der Waals surface area contributed by atoms with E-state index >= 15 is 0 Å². The average Bonchev–Trinajstić information content (AvgIpc) is 3.37. The molecule has 176 valence electrons. The molecule has 6 nitrogen and oxygen atoms in total. The van der Waals surface area contributed by atoms with E-state index in [1.807, 2.05) is 43.6 Å². The van der Waals surface area contributed by atoms with Crippen LogP contribution in [0.3, 0.4) is 0 Å². The van der Waals surface area contributed by atoms with Gasteiger partial charge in [0.2, 0.25) is 0 Å². The SMILES string of the molecule is C=CS/C=C(\C)C(=O)Nc1ccc(NC)c(N=C/C=C/C=C(\C=C/C)NC(=O)c2ccsc2)c1. The summed E-state index contributed by atoms with van der Waals surface area (Å²) < 4.78 is 0. The smallest absolute Gasteiger partial charge is 0.256 e. The Bertz CT molecular complexity index is 1140. The molecule has 0 unspecified atom stereocenters. The first-order valence-corrected chi connectivity index (χ1v) is 12.3. The highest BCUT2D eigenvalue weighted by atomic mass is 32.2. The Labute approximate surface area is 209 Å². The predicted molar refractivity (Wildman–Crippen MR) is 148 cm³/mol. The number of hydrogen-bond acceptors (Lipinski definition) is 6. The third-order valence-corrected chi connectivity index (χ3v) is 5.66. The lowest BCUT2D eigenvalue weighted by Gasteiger charge is -2.09. The van der Waals surface area contributed by atoms with Crippen molar-refractivity contribution in [3.05, 3.63) is 99.6 Å². The fourth-order valence-electron chi connectivity index (χ4n) is 2.61. The number of benzene rings is 1. The van der Waals surface area contributed by atoms with Crippen molar-refractivity contribution < 1.29 is 9.59 Å². The van der Waals surface area contributed by atoms with E-state index in [9.17, 15) is 9.59 Å². The standard InChI is InChI=1S/C26H28N4O2S2/c1-5-9-21(29-26(32)20-13-15-34-18-20)10-7-8-14-28-24-16-22(11-12-23(24)27-4)30-25(31)19(3)17-33-6-2/h5-18,27H,2H2,1,3-4H3,(H,29,32)(H,30,31)/b8-7+,9-5-,19-17+,21-10+,28-14?. The molecule has 1 heterocycles. The van der Waals surface area contributed by atoms with Crippen molar-refractivity contribution in [1.82, 2.24) is 5.32 Å². The number of carbonyl (C=O) groups is 2. The Morgan fingerprint density at radius 2 is 2.03 bits per heavy atom. The zero-order valence-electron chi connectivity index (χ0n) is 19.4. The van der Waals surface area contributed by atoms with E-state index in [0.29, 0.717) is 28.2 Å². The minimum atomic E-state index is -0.187. The van der Waals surface area contributed by atoms with E-state index in [1.165, 1.54) is 23.1 Å². The number of amides is 2. The van der Waals surface area contributed by atoms with Crippen LogP contribution in [0.4, 0.5) is 17.1 Å². The average molecular weight is 493 g/mol. The van der Waals surface area contributed by atoms with Gasteiger partial charge in [0, 0.05) is 35.6 Å². The van der Waals surface area contributed by atoms with Gasteiger partial charge in [0.1, 0.15) is 0 Å². The van der Waals surface area contributed by atoms with E-state index in [0.717, 1.165) is 5.69 Å². The third kappa shape index (κ3) is 8.73. The Morgan fingerprint density at radius 1 is 1.21 bits per heavy atom. The second-order valence-electron chi connectivity index (χ2n) is 6.79. The van der Waals surface area contributed by atoms with Crippen LogP contribution in [-0.4, -0.2) is 25.1 Å². The van der Waals surface area contributed by atoms with Gasteiger partial charge in [-0.15, -0.1) is 11.8 Å².